The number of pyridine rings is 1. The van der Waals surface area contributed by atoms with Gasteiger partial charge in [-0.05, 0) is 24.1 Å². The predicted molar refractivity (Wildman–Crippen MR) is 78.4 cm³/mol. The minimum atomic E-state index is 0.0795. The Morgan fingerprint density at radius 1 is 1.32 bits per heavy atom. The lowest BCUT2D eigenvalue weighted by Gasteiger charge is -2.15. The van der Waals surface area contributed by atoms with Crippen molar-refractivity contribution in [1.29, 1.82) is 0 Å². The molecule has 0 radical (unpaired) electrons. The van der Waals surface area contributed by atoms with Crippen molar-refractivity contribution in [3.05, 3.63) is 40.7 Å². The van der Waals surface area contributed by atoms with E-state index in [4.69, 9.17) is 0 Å². The standard InChI is InChI=1S/C14H19N3OS/c1-3-4-12-13(10-18)19-14(16-12)17(2)9-11-5-7-15-8-6-11/h5-8,18H,3-4,9-10H2,1-2H3. The zero-order chi connectivity index (χ0) is 13.7. The minimum Gasteiger partial charge on any atom is -0.391 e. The van der Waals surface area contributed by atoms with Crippen molar-refractivity contribution in [1.82, 2.24) is 9.97 Å². The van der Waals surface area contributed by atoms with Gasteiger partial charge in [0.05, 0.1) is 17.2 Å². The van der Waals surface area contributed by atoms with Crippen LogP contribution in [0.5, 0.6) is 0 Å². The summed E-state index contributed by atoms with van der Waals surface area (Å²) in [5, 5.41) is 10.3. The summed E-state index contributed by atoms with van der Waals surface area (Å²) in [6.45, 7) is 3.00. The van der Waals surface area contributed by atoms with Crippen LogP contribution in [0, 0.1) is 0 Å². The van der Waals surface area contributed by atoms with E-state index in [1.54, 1.807) is 23.7 Å². The molecule has 2 aromatic heterocycles. The lowest BCUT2D eigenvalue weighted by atomic mass is 10.2. The van der Waals surface area contributed by atoms with Gasteiger partial charge in [-0.2, -0.15) is 0 Å². The van der Waals surface area contributed by atoms with E-state index >= 15 is 0 Å². The lowest BCUT2D eigenvalue weighted by molar-refractivity contribution is 0.284. The van der Waals surface area contributed by atoms with Gasteiger partial charge in [0.15, 0.2) is 5.13 Å². The Morgan fingerprint density at radius 2 is 2.05 bits per heavy atom. The number of aromatic nitrogens is 2. The minimum absolute atomic E-state index is 0.0795. The predicted octanol–water partition coefficient (Wildman–Crippen LogP) is 2.62. The van der Waals surface area contributed by atoms with Crippen LogP contribution in [0.25, 0.3) is 0 Å². The third-order valence-corrected chi connectivity index (χ3v) is 4.09. The molecule has 0 atom stereocenters. The number of aryl methyl sites for hydroxylation is 1. The SMILES string of the molecule is CCCc1nc(N(C)Cc2ccncc2)sc1CO. The summed E-state index contributed by atoms with van der Waals surface area (Å²) in [4.78, 5) is 11.7. The molecule has 0 saturated heterocycles. The van der Waals surface area contributed by atoms with Gasteiger partial charge >= 0.3 is 0 Å². The van der Waals surface area contributed by atoms with Gasteiger partial charge in [0.1, 0.15) is 0 Å². The first-order chi connectivity index (χ1) is 9.24. The van der Waals surface area contributed by atoms with Gasteiger partial charge in [-0.3, -0.25) is 4.98 Å². The number of thiazole rings is 1. The number of hydrogen-bond donors (Lipinski definition) is 1. The summed E-state index contributed by atoms with van der Waals surface area (Å²) < 4.78 is 0. The molecule has 0 aliphatic carbocycles. The summed E-state index contributed by atoms with van der Waals surface area (Å²) in [5.74, 6) is 0. The second-order valence-corrected chi connectivity index (χ2v) is 5.55. The fourth-order valence-corrected chi connectivity index (χ4v) is 2.85. The normalized spacial score (nSPS) is 10.7. The summed E-state index contributed by atoms with van der Waals surface area (Å²) >= 11 is 1.58. The van der Waals surface area contributed by atoms with E-state index in [-0.39, 0.29) is 6.61 Å². The number of nitrogens with zero attached hydrogens (tertiary/aromatic N) is 3. The molecule has 4 nitrogen and oxygen atoms in total. The molecule has 0 unspecified atom stereocenters. The molecule has 1 N–H and O–H groups in total. The molecule has 0 fully saturated rings. The van der Waals surface area contributed by atoms with Crippen LogP contribution < -0.4 is 4.90 Å². The monoisotopic (exact) mass is 277 g/mol. The molecule has 0 aliphatic heterocycles. The van der Waals surface area contributed by atoms with E-state index in [0.717, 1.165) is 35.1 Å². The molecule has 5 heteroatoms. The smallest absolute Gasteiger partial charge is 0.185 e. The Balaban J connectivity index is 2.12. The summed E-state index contributed by atoms with van der Waals surface area (Å²) in [6.07, 6.45) is 5.57. The fraction of sp³-hybridized carbons (Fsp3) is 0.429. The molecule has 0 amide bonds. The highest BCUT2D eigenvalue weighted by molar-refractivity contribution is 7.15. The number of aliphatic hydroxyl groups is 1. The molecule has 2 aromatic rings. The molecule has 19 heavy (non-hydrogen) atoms. The van der Waals surface area contributed by atoms with Crippen molar-refractivity contribution >= 4 is 16.5 Å². The Morgan fingerprint density at radius 3 is 2.68 bits per heavy atom. The number of anilines is 1. The maximum Gasteiger partial charge on any atom is 0.185 e. The molecule has 102 valence electrons. The average Bonchev–Trinajstić information content (AvgIpc) is 2.83. The molecule has 0 spiro atoms. The van der Waals surface area contributed by atoms with Crippen molar-refractivity contribution in [3.63, 3.8) is 0 Å². The van der Waals surface area contributed by atoms with E-state index in [2.05, 4.69) is 21.8 Å². The fourth-order valence-electron chi connectivity index (χ4n) is 1.92. The van der Waals surface area contributed by atoms with E-state index in [0.29, 0.717) is 0 Å². The summed E-state index contributed by atoms with van der Waals surface area (Å²) in [5.41, 5.74) is 2.24. The Kier molecular flexibility index (Phi) is 4.87. The van der Waals surface area contributed by atoms with Gasteiger partial charge in [-0.15, -0.1) is 0 Å². The maximum atomic E-state index is 9.37. The number of rotatable bonds is 6. The van der Waals surface area contributed by atoms with E-state index in [1.807, 2.05) is 19.2 Å². The van der Waals surface area contributed by atoms with Gasteiger partial charge in [0.25, 0.3) is 0 Å². The van der Waals surface area contributed by atoms with Crippen LogP contribution in [-0.2, 0) is 19.6 Å². The third kappa shape index (κ3) is 3.52. The van der Waals surface area contributed by atoms with E-state index < -0.39 is 0 Å². The first kappa shape index (κ1) is 14.0. The molecule has 2 heterocycles. The zero-order valence-corrected chi connectivity index (χ0v) is 12.2. The highest BCUT2D eigenvalue weighted by Gasteiger charge is 2.13. The van der Waals surface area contributed by atoms with Crippen LogP contribution in [0.15, 0.2) is 24.5 Å². The molecule has 0 aliphatic rings. The van der Waals surface area contributed by atoms with Crippen LogP contribution in [0.2, 0.25) is 0 Å². The second-order valence-electron chi connectivity index (χ2n) is 4.49. The lowest BCUT2D eigenvalue weighted by Crippen LogP contribution is -2.16. The van der Waals surface area contributed by atoms with Gasteiger partial charge in [-0.25, -0.2) is 4.98 Å². The molecule has 0 aromatic carbocycles. The van der Waals surface area contributed by atoms with Crippen LogP contribution in [-0.4, -0.2) is 22.1 Å². The highest BCUT2D eigenvalue weighted by atomic mass is 32.1. The first-order valence-electron chi connectivity index (χ1n) is 6.44. The van der Waals surface area contributed by atoms with Crippen molar-refractivity contribution < 1.29 is 5.11 Å². The largest absolute Gasteiger partial charge is 0.391 e. The van der Waals surface area contributed by atoms with Crippen LogP contribution in [0.1, 0.15) is 29.5 Å². The van der Waals surface area contributed by atoms with Gasteiger partial charge < -0.3 is 10.0 Å². The number of aliphatic hydroxyl groups excluding tert-OH is 1. The van der Waals surface area contributed by atoms with Crippen molar-refractivity contribution in [2.45, 2.75) is 32.9 Å². The maximum absolute atomic E-state index is 9.37. The van der Waals surface area contributed by atoms with Crippen LogP contribution in [0.3, 0.4) is 0 Å². The van der Waals surface area contributed by atoms with E-state index in [1.165, 1.54) is 5.56 Å². The number of hydrogen-bond acceptors (Lipinski definition) is 5. The average molecular weight is 277 g/mol. The topological polar surface area (TPSA) is 49.2 Å². The Hall–Kier alpha value is -1.46. The van der Waals surface area contributed by atoms with Gasteiger partial charge in [0, 0.05) is 26.0 Å². The quantitative estimate of drug-likeness (QED) is 0.882. The van der Waals surface area contributed by atoms with Gasteiger partial charge in [-0.1, -0.05) is 24.7 Å². The highest BCUT2D eigenvalue weighted by Crippen LogP contribution is 2.27. The second kappa shape index (κ2) is 6.63. The van der Waals surface area contributed by atoms with Crippen molar-refractivity contribution in [2.75, 3.05) is 11.9 Å². The van der Waals surface area contributed by atoms with E-state index in [9.17, 15) is 5.11 Å². The molecular formula is C14H19N3OS. The van der Waals surface area contributed by atoms with Crippen LogP contribution >= 0.6 is 11.3 Å². The molecule has 0 bridgehead atoms. The van der Waals surface area contributed by atoms with Crippen molar-refractivity contribution in [2.24, 2.45) is 0 Å². The summed E-state index contributed by atoms with van der Waals surface area (Å²) in [7, 11) is 2.02. The first-order valence-corrected chi connectivity index (χ1v) is 7.25. The zero-order valence-electron chi connectivity index (χ0n) is 11.3. The molecule has 0 saturated carbocycles. The Bertz CT molecular complexity index is 513. The molecular weight excluding hydrogens is 258 g/mol. The third-order valence-electron chi connectivity index (χ3n) is 2.89. The Labute approximate surface area is 117 Å². The van der Waals surface area contributed by atoms with Crippen molar-refractivity contribution in [3.8, 4) is 0 Å². The van der Waals surface area contributed by atoms with Crippen LogP contribution in [0.4, 0.5) is 5.13 Å². The van der Waals surface area contributed by atoms with Gasteiger partial charge in [0.2, 0.25) is 0 Å². The molecule has 2 rings (SSSR count). The summed E-state index contributed by atoms with van der Waals surface area (Å²) in [6, 6.07) is 4.01.